The first-order valence-electron chi connectivity index (χ1n) is 4.25. The Kier molecular flexibility index (Phi) is 4.42. The lowest BCUT2D eigenvalue weighted by atomic mass is 10.2. The molecule has 0 aliphatic heterocycles. The maximum atomic E-state index is 11.3. The molecule has 0 bridgehead atoms. The number of halogens is 2. The molecule has 0 aliphatic rings. The van der Waals surface area contributed by atoms with Gasteiger partial charge in [0.2, 0.25) is 5.91 Å². The summed E-state index contributed by atoms with van der Waals surface area (Å²) >= 11 is 9.12. The molecule has 4 heteroatoms. The lowest BCUT2D eigenvalue weighted by molar-refractivity contribution is -0.115. The fourth-order valence-corrected chi connectivity index (χ4v) is 1.56. The third-order valence-corrected chi connectivity index (χ3v) is 2.44. The number of amides is 1. The van der Waals surface area contributed by atoms with Crippen molar-refractivity contribution in [2.45, 2.75) is 13.3 Å². The van der Waals surface area contributed by atoms with Gasteiger partial charge in [0.05, 0.1) is 10.7 Å². The largest absolute Gasteiger partial charge is 0.325 e. The highest BCUT2D eigenvalue weighted by molar-refractivity contribution is 9.09. The number of rotatable bonds is 3. The number of carbonyl (C=O) groups is 1. The van der Waals surface area contributed by atoms with Crippen LogP contribution in [-0.4, -0.2) is 11.2 Å². The predicted octanol–water partition coefficient (Wildman–Crippen LogP) is 3.37. The lowest BCUT2D eigenvalue weighted by Crippen LogP contribution is -2.11. The Labute approximate surface area is 96.8 Å². The molecule has 76 valence electrons. The number of hydrogen-bond donors (Lipinski definition) is 1. The minimum atomic E-state index is -0.0330. The van der Waals surface area contributed by atoms with E-state index < -0.39 is 0 Å². The van der Waals surface area contributed by atoms with Crippen molar-refractivity contribution in [2.75, 3.05) is 10.6 Å². The maximum absolute atomic E-state index is 11.3. The van der Waals surface area contributed by atoms with E-state index in [2.05, 4.69) is 21.2 Å². The Balaban J connectivity index is 2.75. The molecule has 1 N–H and O–H groups in total. The summed E-state index contributed by atoms with van der Waals surface area (Å²) < 4.78 is 0. The van der Waals surface area contributed by atoms with Crippen LogP contribution in [0.1, 0.15) is 12.0 Å². The van der Waals surface area contributed by atoms with Crippen molar-refractivity contribution in [3.05, 3.63) is 28.8 Å². The SMILES string of the molecule is Cc1ccc(Cl)c(NC(=O)CCBr)c1. The van der Waals surface area contributed by atoms with E-state index in [1.165, 1.54) is 0 Å². The first-order valence-corrected chi connectivity index (χ1v) is 5.75. The third-order valence-electron chi connectivity index (χ3n) is 1.72. The second kappa shape index (κ2) is 5.37. The maximum Gasteiger partial charge on any atom is 0.225 e. The molecule has 0 saturated heterocycles. The number of benzene rings is 1. The molecule has 0 heterocycles. The zero-order valence-corrected chi connectivity index (χ0v) is 10.2. The lowest BCUT2D eigenvalue weighted by Gasteiger charge is -2.06. The van der Waals surface area contributed by atoms with Gasteiger partial charge in [-0.1, -0.05) is 33.6 Å². The molecule has 1 aromatic rings. The highest BCUT2D eigenvalue weighted by Gasteiger charge is 2.04. The summed E-state index contributed by atoms with van der Waals surface area (Å²) in [5, 5.41) is 3.97. The number of anilines is 1. The van der Waals surface area contributed by atoms with Crippen LogP contribution < -0.4 is 5.32 Å². The standard InChI is InChI=1S/C10H11BrClNO/c1-7-2-3-8(12)9(6-7)13-10(14)4-5-11/h2-3,6H,4-5H2,1H3,(H,13,14). The molecule has 0 radical (unpaired) electrons. The van der Waals surface area contributed by atoms with E-state index in [-0.39, 0.29) is 5.91 Å². The van der Waals surface area contributed by atoms with Crippen LogP contribution >= 0.6 is 27.5 Å². The van der Waals surface area contributed by atoms with Crippen LogP contribution in [0.2, 0.25) is 5.02 Å². The molecule has 1 aromatic carbocycles. The van der Waals surface area contributed by atoms with Crippen molar-refractivity contribution in [1.29, 1.82) is 0 Å². The minimum Gasteiger partial charge on any atom is -0.325 e. The average Bonchev–Trinajstić information content (AvgIpc) is 2.12. The summed E-state index contributed by atoms with van der Waals surface area (Å²) in [6.45, 7) is 1.95. The van der Waals surface area contributed by atoms with Gasteiger partial charge in [0.25, 0.3) is 0 Å². The summed E-state index contributed by atoms with van der Waals surface area (Å²) in [4.78, 5) is 11.3. The van der Waals surface area contributed by atoms with Crippen molar-refractivity contribution in [2.24, 2.45) is 0 Å². The third kappa shape index (κ3) is 3.31. The van der Waals surface area contributed by atoms with Crippen LogP contribution in [-0.2, 0) is 4.79 Å². The number of hydrogen-bond acceptors (Lipinski definition) is 1. The molecule has 0 spiro atoms. The van der Waals surface area contributed by atoms with Gasteiger partial charge in [-0.05, 0) is 24.6 Å². The Bertz CT molecular complexity index is 341. The summed E-state index contributed by atoms with van der Waals surface area (Å²) in [6.07, 6.45) is 0.449. The van der Waals surface area contributed by atoms with Gasteiger partial charge in [-0.25, -0.2) is 0 Å². The Hall–Kier alpha value is -0.540. The fraction of sp³-hybridized carbons (Fsp3) is 0.300. The molecule has 0 fully saturated rings. The van der Waals surface area contributed by atoms with E-state index in [9.17, 15) is 4.79 Å². The van der Waals surface area contributed by atoms with Crippen molar-refractivity contribution >= 4 is 39.1 Å². The number of carbonyl (C=O) groups excluding carboxylic acids is 1. The van der Waals surface area contributed by atoms with Crippen molar-refractivity contribution in [3.8, 4) is 0 Å². The monoisotopic (exact) mass is 275 g/mol. The number of nitrogens with one attached hydrogen (secondary N) is 1. The van der Waals surface area contributed by atoms with Gasteiger partial charge < -0.3 is 5.32 Å². The molecule has 0 aliphatic carbocycles. The fourth-order valence-electron chi connectivity index (χ4n) is 1.03. The van der Waals surface area contributed by atoms with Crippen LogP contribution in [0.4, 0.5) is 5.69 Å². The van der Waals surface area contributed by atoms with E-state index in [0.717, 1.165) is 5.56 Å². The highest BCUT2D eigenvalue weighted by atomic mass is 79.9. The minimum absolute atomic E-state index is 0.0330. The normalized spacial score (nSPS) is 9.93. The molecule has 2 nitrogen and oxygen atoms in total. The van der Waals surface area contributed by atoms with Gasteiger partial charge in [-0.3, -0.25) is 4.79 Å². The second-order valence-electron chi connectivity index (χ2n) is 2.97. The topological polar surface area (TPSA) is 29.1 Å². The summed E-state index contributed by atoms with van der Waals surface area (Å²) in [6, 6.07) is 5.54. The van der Waals surface area contributed by atoms with Gasteiger partial charge in [0.1, 0.15) is 0 Å². The van der Waals surface area contributed by atoms with Gasteiger partial charge in [-0.2, -0.15) is 0 Å². The zero-order valence-electron chi connectivity index (χ0n) is 7.81. The smallest absolute Gasteiger partial charge is 0.225 e. The highest BCUT2D eigenvalue weighted by Crippen LogP contribution is 2.22. The average molecular weight is 277 g/mol. The van der Waals surface area contributed by atoms with Crippen LogP contribution in [0.15, 0.2) is 18.2 Å². The quantitative estimate of drug-likeness (QED) is 0.843. The van der Waals surface area contributed by atoms with Gasteiger partial charge in [-0.15, -0.1) is 0 Å². The van der Waals surface area contributed by atoms with Gasteiger partial charge in [0, 0.05) is 11.8 Å². The molecular formula is C10H11BrClNO. The Morgan fingerprint density at radius 3 is 2.93 bits per heavy atom. The van der Waals surface area contributed by atoms with E-state index >= 15 is 0 Å². The Morgan fingerprint density at radius 2 is 2.29 bits per heavy atom. The van der Waals surface area contributed by atoms with Gasteiger partial charge >= 0.3 is 0 Å². The van der Waals surface area contributed by atoms with Crippen LogP contribution in [0.3, 0.4) is 0 Å². The first kappa shape index (κ1) is 11.5. The summed E-state index contributed by atoms with van der Waals surface area (Å²) in [7, 11) is 0. The summed E-state index contributed by atoms with van der Waals surface area (Å²) in [5.74, 6) is -0.0330. The van der Waals surface area contributed by atoms with Crippen LogP contribution in [0, 0.1) is 6.92 Å². The molecule has 1 amide bonds. The van der Waals surface area contributed by atoms with Crippen molar-refractivity contribution < 1.29 is 4.79 Å². The predicted molar refractivity (Wildman–Crippen MR) is 63.2 cm³/mol. The number of aryl methyl sites for hydroxylation is 1. The molecule has 0 aromatic heterocycles. The number of alkyl halides is 1. The van der Waals surface area contributed by atoms with E-state index in [1.54, 1.807) is 6.07 Å². The summed E-state index contributed by atoms with van der Waals surface area (Å²) in [5.41, 5.74) is 1.75. The van der Waals surface area contributed by atoms with E-state index in [1.807, 2.05) is 19.1 Å². The van der Waals surface area contributed by atoms with Gasteiger partial charge in [0.15, 0.2) is 0 Å². The Morgan fingerprint density at radius 1 is 1.57 bits per heavy atom. The molecule has 0 atom stereocenters. The molecule has 14 heavy (non-hydrogen) atoms. The van der Waals surface area contributed by atoms with Crippen LogP contribution in [0.5, 0.6) is 0 Å². The zero-order chi connectivity index (χ0) is 10.6. The molecule has 0 saturated carbocycles. The van der Waals surface area contributed by atoms with Crippen molar-refractivity contribution in [3.63, 3.8) is 0 Å². The van der Waals surface area contributed by atoms with E-state index in [4.69, 9.17) is 11.6 Å². The molecule has 0 unspecified atom stereocenters. The molecule has 1 rings (SSSR count). The first-order chi connectivity index (χ1) is 6.63. The van der Waals surface area contributed by atoms with Crippen LogP contribution in [0.25, 0.3) is 0 Å². The second-order valence-corrected chi connectivity index (χ2v) is 4.17. The van der Waals surface area contributed by atoms with E-state index in [0.29, 0.717) is 22.5 Å². The molecular weight excluding hydrogens is 265 g/mol. The van der Waals surface area contributed by atoms with Crippen molar-refractivity contribution in [1.82, 2.24) is 0 Å².